The van der Waals surface area contributed by atoms with E-state index in [-0.39, 0.29) is 0 Å². The van der Waals surface area contributed by atoms with E-state index in [4.69, 9.17) is 0 Å². The quantitative estimate of drug-likeness (QED) is 0.0358. The summed E-state index contributed by atoms with van der Waals surface area (Å²) in [4.78, 5) is 3.10. The Labute approximate surface area is 554 Å². The first-order valence-corrected chi connectivity index (χ1v) is 41.8. The molecule has 2 aromatic rings. The molecule has 0 saturated carbocycles. The minimum Gasteiger partial charge on any atom is -0.0654 e. The molecule has 0 atom stereocenters. The van der Waals surface area contributed by atoms with Crippen LogP contribution in [0.3, 0.4) is 0 Å². The van der Waals surface area contributed by atoms with Gasteiger partial charge in [0.15, 0.2) is 0 Å². The van der Waals surface area contributed by atoms with Crippen LogP contribution in [0.2, 0.25) is 9.79 Å². The van der Waals surface area contributed by atoms with Gasteiger partial charge in [0, 0.05) is 22.8 Å². The van der Waals surface area contributed by atoms with Crippen molar-refractivity contribution in [2.45, 2.75) is 437 Å². The fraction of sp³-hybridized carbons (Fsp3) is 0.810. The van der Waals surface area contributed by atoms with Crippen molar-refractivity contribution in [3.8, 4) is 0 Å². The maximum atomic E-state index is 11.8. The van der Waals surface area contributed by atoms with E-state index in [1.807, 2.05) is 0 Å². The van der Waals surface area contributed by atoms with Crippen LogP contribution in [0.4, 0.5) is 0 Å². The zero-order chi connectivity index (χ0) is 62.6. The summed E-state index contributed by atoms with van der Waals surface area (Å²) in [5.41, 5.74) is 23.0. The third kappa shape index (κ3) is 45.2. The van der Waals surface area contributed by atoms with Crippen LogP contribution in [0.15, 0.2) is 48.0 Å². The topological polar surface area (TPSA) is 25.3 Å². The standard InChI is InChI=1S/C36H52N2.2C24H49.Pd/c1-6-11-16-28-21-29(17-12-7-2)24-33(23-28)35-27-32(20-15-10-5)36(38(35)37)34-25-30(18-13-8-3)22-31(26-34)19-14-9-4;2*1-3-5-7-9-11-13-15-17-19-21-23-24-22-20-18-16-14-12-10-8-6-4-2;/h21-27H,6-20H2,1-5H3;2*1,3-24H2,2H3;. The van der Waals surface area contributed by atoms with Gasteiger partial charge in [0.2, 0.25) is 11.4 Å². The fourth-order valence-corrected chi connectivity index (χ4v) is 15.1. The number of rotatable bonds is 63. The first kappa shape index (κ1) is 81.3. The van der Waals surface area contributed by atoms with Gasteiger partial charge in [-0.15, -0.1) is 0 Å². The van der Waals surface area contributed by atoms with Crippen molar-refractivity contribution in [2.24, 2.45) is 0 Å². The van der Waals surface area contributed by atoms with E-state index in [0.717, 1.165) is 79.9 Å². The Kier molecular flexibility index (Phi) is 57.6. The van der Waals surface area contributed by atoms with Crippen molar-refractivity contribution < 1.29 is 22.7 Å². The SMILES string of the molecule is CCCCC1=C(c2cc(CCCC)cc(CCCC)c2)[N+](=[N-])C(c2cc(CCCC)cc(CCCC)c2)=C1.CCCCCCCCCCCCCCCCCCCCCCC[CH2][Pd][CH2]CCCCCCCCCCCCCCCCCCCCCCC. The minimum absolute atomic E-state index is 0.941. The second kappa shape index (κ2) is 61.7. The second-order valence-electron chi connectivity index (χ2n) is 27.6. The number of unbranched alkanes of at least 4 members (excludes halogenated alkanes) is 47. The van der Waals surface area contributed by atoms with Crippen molar-refractivity contribution >= 4 is 11.4 Å². The van der Waals surface area contributed by atoms with Crippen molar-refractivity contribution in [3.05, 3.63) is 87.0 Å². The zero-order valence-electron chi connectivity index (χ0n) is 59.9. The summed E-state index contributed by atoms with van der Waals surface area (Å²) in [6, 6.07) is 14.1. The van der Waals surface area contributed by atoms with E-state index in [1.54, 1.807) is 9.79 Å². The van der Waals surface area contributed by atoms with Gasteiger partial charge in [0.25, 0.3) is 0 Å². The molecule has 87 heavy (non-hydrogen) atoms. The average Bonchev–Trinajstić information content (AvgIpc) is 2.13. The maximum absolute atomic E-state index is 11.8. The van der Waals surface area contributed by atoms with Crippen LogP contribution in [0, 0.1) is 0 Å². The number of aryl methyl sites for hydroxylation is 4. The molecular formula is C84H150N2Pd. The predicted molar refractivity (Wildman–Crippen MR) is 389 cm³/mol. The molecule has 1 aliphatic rings. The number of hydrogen-bond acceptors (Lipinski definition) is 0. The summed E-state index contributed by atoms with van der Waals surface area (Å²) >= 11 is 1.06. The first-order valence-electron chi connectivity index (χ1n) is 39.6. The van der Waals surface area contributed by atoms with Gasteiger partial charge in [0.05, 0.1) is 0 Å². The van der Waals surface area contributed by atoms with Crippen LogP contribution in [0.5, 0.6) is 0 Å². The van der Waals surface area contributed by atoms with E-state index >= 15 is 0 Å². The van der Waals surface area contributed by atoms with Gasteiger partial charge < -0.3 is 5.53 Å². The Bertz CT molecular complexity index is 1810. The Hall–Kier alpha value is -1.82. The van der Waals surface area contributed by atoms with Crippen molar-refractivity contribution in [3.63, 3.8) is 0 Å². The van der Waals surface area contributed by atoms with E-state index in [0.29, 0.717) is 0 Å². The Balaban J connectivity index is 0.000000610. The number of hydrogen-bond donors (Lipinski definition) is 0. The minimum atomic E-state index is 0.941. The van der Waals surface area contributed by atoms with Crippen LogP contribution in [0.25, 0.3) is 16.9 Å². The van der Waals surface area contributed by atoms with Crippen molar-refractivity contribution in [1.29, 1.82) is 0 Å². The molecule has 0 fully saturated rings. The van der Waals surface area contributed by atoms with Gasteiger partial charge in [0.1, 0.15) is 0 Å². The molecule has 0 aromatic heterocycles. The van der Waals surface area contributed by atoms with Crippen LogP contribution in [0.1, 0.15) is 435 Å². The molecule has 0 unspecified atom stereocenters. The molecule has 0 spiro atoms. The molecule has 2 nitrogen and oxygen atoms in total. The normalized spacial score (nSPS) is 12.5. The second-order valence-corrected chi connectivity index (χ2v) is 30.0. The summed E-state index contributed by atoms with van der Waals surface area (Å²) in [7, 11) is 0. The average molecular weight is 1290 g/mol. The molecule has 0 aliphatic carbocycles. The van der Waals surface area contributed by atoms with Gasteiger partial charge in [-0.2, -0.15) is 0 Å². The van der Waals surface area contributed by atoms with E-state index in [1.165, 1.54) is 372 Å². The number of nitrogens with zero attached hydrogens (tertiary/aromatic N) is 2. The molecule has 0 radical (unpaired) electrons. The van der Waals surface area contributed by atoms with Gasteiger partial charge in [-0.1, -0.05) is 234 Å². The number of benzene rings is 2. The molecule has 1 aliphatic heterocycles. The van der Waals surface area contributed by atoms with E-state index < -0.39 is 0 Å². The molecule has 506 valence electrons. The third-order valence-electron chi connectivity index (χ3n) is 19.0. The van der Waals surface area contributed by atoms with Crippen molar-refractivity contribution in [2.75, 3.05) is 0 Å². The predicted octanol–water partition coefficient (Wildman–Crippen LogP) is 30.2. The van der Waals surface area contributed by atoms with E-state index in [9.17, 15) is 5.53 Å². The summed E-state index contributed by atoms with van der Waals surface area (Å²) in [5, 5.41) is 0. The summed E-state index contributed by atoms with van der Waals surface area (Å²) in [6.07, 6.45) is 85.1. The Morgan fingerprint density at radius 1 is 0.253 bits per heavy atom. The molecular weight excluding hydrogens is 1140 g/mol. The summed E-state index contributed by atoms with van der Waals surface area (Å²) in [6.45, 7) is 15.9. The zero-order valence-corrected chi connectivity index (χ0v) is 61.4. The summed E-state index contributed by atoms with van der Waals surface area (Å²) in [5.74, 6) is 0. The van der Waals surface area contributed by atoms with Crippen LogP contribution in [-0.4, -0.2) is 4.70 Å². The molecule has 0 amide bonds. The molecule has 1 heterocycles. The van der Waals surface area contributed by atoms with Gasteiger partial charge in [-0.05, 0) is 111 Å². The fourth-order valence-electron chi connectivity index (χ4n) is 13.1. The van der Waals surface area contributed by atoms with Gasteiger partial charge in [-0.25, -0.2) is 4.70 Å². The van der Waals surface area contributed by atoms with Crippen LogP contribution < -0.4 is 0 Å². The molecule has 0 saturated heterocycles. The van der Waals surface area contributed by atoms with Gasteiger partial charge in [-0.3, -0.25) is 0 Å². The molecule has 2 aromatic carbocycles. The van der Waals surface area contributed by atoms with Crippen molar-refractivity contribution in [1.82, 2.24) is 0 Å². The van der Waals surface area contributed by atoms with Crippen LogP contribution in [-0.2, 0) is 43.7 Å². The Morgan fingerprint density at radius 2 is 0.471 bits per heavy atom. The van der Waals surface area contributed by atoms with Crippen LogP contribution >= 0.6 is 0 Å². The molecule has 3 rings (SSSR count). The molecule has 0 N–H and O–H groups in total. The first-order chi connectivity index (χ1) is 43.0. The molecule has 3 heteroatoms. The van der Waals surface area contributed by atoms with E-state index in [2.05, 4.69) is 90.9 Å². The molecule has 0 bridgehead atoms. The smallest absolute Gasteiger partial charge is 0.0654 e. The third-order valence-corrected chi connectivity index (χ3v) is 21.2. The Morgan fingerprint density at radius 3 is 0.724 bits per heavy atom. The summed E-state index contributed by atoms with van der Waals surface area (Å²) < 4.78 is 1.52. The number of allylic oxidation sites excluding steroid dienone is 2. The van der Waals surface area contributed by atoms with Gasteiger partial charge >= 0.3 is 169 Å². The monoisotopic (exact) mass is 1290 g/mol.